The lowest BCUT2D eigenvalue weighted by atomic mass is 10.2. The van der Waals surface area contributed by atoms with Crippen molar-refractivity contribution in [2.24, 2.45) is 5.92 Å². The van der Waals surface area contributed by atoms with E-state index in [4.69, 9.17) is 4.74 Å². The van der Waals surface area contributed by atoms with Crippen molar-refractivity contribution < 1.29 is 4.74 Å². The Morgan fingerprint density at radius 1 is 1.18 bits per heavy atom. The molecule has 1 aromatic rings. The fourth-order valence-electron chi connectivity index (χ4n) is 1.48. The minimum atomic E-state index is 0.706. The molecule has 0 aliphatic carbocycles. The average molecular weight is 300 g/mol. The maximum absolute atomic E-state index is 5.58. The number of halogens is 1. The van der Waals surface area contributed by atoms with Crippen LogP contribution in [0, 0.1) is 5.92 Å². The zero-order valence-corrected chi connectivity index (χ0v) is 12.3. The van der Waals surface area contributed by atoms with Crippen LogP contribution in [0.4, 0.5) is 0 Å². The van der Waals surface area contributed by atoms with Gasteiger partial charge in [-0.05, 0) is 36.6 Å². The summed E-state index contributed by atoms with van der Waals surface area (Å²) in [5.41, 5.74) is 1.32. The Morgan fingerprint density at radius 2 is 1.88 bits per heavy atom. The van der Waals surface area contributed by atoms with Crippen LogP contribution < -0.4 is 5.32 Å². The molecule has 0 aliphatic rings. The van der Waals surface area contributed by atoms with Crippen molar-refractivity contribution in [1.82, 2.24) is 5.32 Å². The second-order valence-electron chi connectivity index (χ2n) is 4.59. The summed E-state index contributed by atoms with van der Waals surface area (Å²) in [6.45, 7) is 8.02. The number of rotatable bonds is 8. The maximum atomic E-state index is 5.58. The van der Waals surface area contributed by atoms with Crippen LogP contribution in [-0.4, -0.2) is 26.3 Å². The van der Waals surface area contributed by atoms with Gasteiger partial charge in [-0.25, -0.2) is 0 Å². The van der Waals surface area contributed by atoms with E-state index in [0.717, 1.165) is 37.2 Å². The molecule has 2 nitrogen and oxygen atoms in total. The Labute approximate surface area is 113 Å². The molecule has 0 atom stereocenters. The van der Waals surface area contributed by atoms with Crippen molar-refractivity contribution in [1.29, 1.82) is 0 Å². The molecule has 0 amide bonds. The zero-order valence-electron chi connectivity index (χ0n) is 10.7. The van der Waals surface area contributed by atoms with Gasteiger partial charge in [0.1, 0.15) is 0 Å². The Balaban J connectivity index is 1.99. The molecule has 96 valence electrons. The van der Waals surface area contributed by atoms with Gasteiger partial charge in [0, 0.05) is 11.0 Å². The monoisotopic (exact) mass is 299 g/mol. The summed E-state index contributed by atoms with van der Waals surface area (Å²) >= 11 is 3.43. The summed E-state index contributed by atoms with van der Waals surface area (Å²) in [7, 11) is 0. The highest BCUT2D eigenvalue weighted by Gasteiger charge is 1.95. The minimum absolute atomic E-state index is 0.706. The minimum Gasteiger partial charge on any atom is -0.380 e. The van der Waals surface area contributed by atoms with E-state index in [1.54, 1.807) is 0 Å². The van der Waals surface area contributed by atoms with Crippen LogP contribution >= 0.6 is 15.9 Å². The molecule has 1 N–H and O–H groups in total. The van der Waals surface area contributed by atoms with E-state index >= 15 is 0 Å². The van der Waals surface area contributed by atoms with Crippen molar-refractivity contribution in [2.45, 2.75) is 20.3 Å². The van der Waals surface area contributed by atoms with Crippen LogP contribution in [0.1, 0.15) is 19.4 Å². The summed E-state index contributed by atoms with van der Waals surface area (Å²) in [6, 6.07) is 8.40. The SMILES string of the molecule is CC(C)CNCCOCCc1ccc(Br)cc1. The largest absolute Gasteiger partial charge is 0.380 e. The van der Waals surface area contributed by atoms with Crippen LogP contribution in [0.3, 0.4) is 0 Å². The predicted molar refractivity (Wildman–Crippen MR) is 76.4 cm³/mol. The molecule has 0 fully saturated rings. The molecule has 1 rings (SSSR count). The highest BCUT2D eigenvalue weighted by Crippen LogP contribution is 2.10. The lowest BCUT2D eigenvalue weighted by Crippen LogP contribution is -2.24. The van der Waals surface area contributed by atoms with E-state index in [2.05, 4.69) is 59.4 Å². The molecular weight excluding hydrogens is 278 g/mol. The second kappa shape index (κ2) is 8.67. The first-order chi connectivity index (χ1) is 8.18. The normalized spacial score (nSPS) is 11.1. The van der Waals surface area contributed by atoms with Gasteiger partial charge in [0.05, 0.1) is 13.2 Å². The first kappa shape index (κ1) is 14.7. The van der Waals surface area contributed by atoms with Crippen LogP contribution in [0.25, 0.3) is 0 Å². The van der Waals surface area contributed by atoms with Crippen molar-refractivity contribution >= 4 is 15.9 Å². The lowest BCUT2D eigenvalue weighted by molar-refractivity contribution is 0.138. The molecule has 0 aromatic heterocycles. The predicted octanol–water partition coefficient (Wildman–Crippen LogP) is 3.25. The van der Waals surface area contributed by atoms with Crippen LogP contribution in [0.5, 0.6) is 0 Å². The lowest BCUT2D eigenvalue weighted by Gasteiger charge is -2.08. The molecule has 17 heavy (non-hydrogen) atoms. The zero-order chi connectivity index (χ0) is 12.5. The van der Waals surface area contributed by atoms with Crippen LogP contribution in [0.2, 0.25) is 0 Å². The first-order valence-electron chi connectivity index (χ1n) is 6.21. The molecule has 3 heteroatoms. The number of hydrogen-bond donors (Lipinski definition) is 1. The Kier molecular flexibility index (Phi) is 7.49. The summed E-state index contributed by atoms with van der Waals surface area (Å²) in [5.74, 6) is 0.706. The van der Waals surface area contributed by atoms with Gasteiger partial charge in [-0.1, -0.05) is 41.9 Å². The molecule has 0 radical (unpaired) electrons. The number of hydrogen-bond acceptors (Lipinski definition) is 2. The summed E-state index contributed by atoms with van der Waals surface area (Å²) in [4.78, 5) is 0. The Morgan fingerprint density at radius 3 is 2.53 bits per heavy atom. The van der Waals surface area contributed by atoms with Gasteiger partial charge in [-0.15, -0.1) is 0 Å². The van der Waals surface area contributed by atoms with E-state index in [1.807, 2.05) is 0 Å². The molecule has 0 saturated heterocycles. The van der Waals surface area contributed by atoms with E-state index in [-0.39, 0.29) is 0 Å². The molecule has 0 spiro atoms. The smallest absolute Gasteiger partial charge is 0.0591 e. The van der Waals surface area contributed by atoms with Crippen molar-refractivity contribution in [3.05, 3.63) is 34.3 Å². The molecule has 0 heterocycles. The number of nitrogens with one attached hydrogen (secondary N) is 1. The van der Waals surface area contributed by atoms with E-state index < -0.39 is 0 Å². The van der Waals surface area contributed by atoms with Crippen LogP contribution in [-0.2, 0) is 11.2 Å². The highest BCUT2D eigenvalue weighted by molar-refractivity contribution is 9.10. The molecule has 1 aromatic carbocycles. The third-order valence-corrected chi connectivity index (χ3v) is 2.95. The van der Waals surface area contributed by atoms with Gasteiger partial charge in [0.25, 0.3) is 0 Å². The van der Waals surface area contributed by atoms with Gasteiger partial charge in [0.2, 0.25) is 0 Å². The second-order valence-corrected chi connectivity index (χ2v) is 5.50. The van der Waals surface area contributed by atoms with Gasteiger partial charge in [-0.3, -0.25) is 0 Å². The summed E-state index contributed by atoms with van der Waals surface area (Å²) < 4.78 is 6.70. The van der Waals surface area contributed by atoms with Gasteiger partial charge in [-0.2, -0.15) is 0 Å². The molecule has 0 bridgehead atoms. The fraction of sp³-hybridized carbons (Fsp3) is 0.571. The summed E-state index contributed by atoms with van der Waals surface area (Å²) in [5, 5.41) is 3.36. The van der Waals surface area contributed by atoms with Crippen molar-refractivity contribution in [3.63, 3.8) is 0 Å². The van der Waals surface area contributed by atoms with E-state index in [9.17, 15) is 0 Å². The first-order valence-corrected chi connectivity index (χ1v) is 7.00. The van der Waals surface area contributed by atoms with Crippen LogP contribution in [0.15, 0.2) is 28.7 Å². The van der Waals surface area contributed by atoms with Crippen molar-refractivity contribution in [3.8, 4) is 0 Å². The molecular formula is C14H22BrNO. The van der Waals surface area contributed by atoms with Gasteiger partial charge >= 0.3 is 0 Å². The third-order valence-electron chi connectivity index (χ3n) is 2.42. The topological polar surface area (TPSA) is 21.3 Å². The molecule has 0 aliphatic heterocycles. The van der Waals surface area contributed by atoms with Gasteiger partial charge < -0.3 is 10.1 Å². The average Bonchev–Trinajstić information content (AvgIpc) is 2.30. The van der Waals surface area contributed by atoms with Gasteiger partial charge in [0.15, 0.2) is 0 Å². The third kappa shape index (κ3) is 7.53. The highest BCUT2D eigenvalue weighted by atomic mass is 79.9. The Bertz CT molecular complexity index is 298. The van der Waals surface area contributed by atoms with Crippen molar-refractivity contribution in [2.75, 3.05) is 26.3 Å². The summed E-state index contributed by atoms with van der Waals surface area (Å²) in [6.07, 6.45) is 0.984. The van der Waals surface area contributed by atoms with E-state index in [1.165, 1.54) is 5.56 Å². The number of ether oxygens (including phenoxy) is 1. The standard InChI is InChI=1S/C14H22BrNO/c1-12(2)11-16-8-10-17-9-7-13-3-5-14(15)6-4-13/h3-6,12,16H,7-11H2,1-2H3. The fourth-order valence-corrected chi connectivity index (χ4v) is 1.74. The quantitative estimate of drug-likeness (QED) is 0.744. The molecule has 0 saturated carbocycles. The number of benzene rings is 1. The maximum Gasteiger partial charge on any atom is 0.0591 e. The van der Waals surface area contributed by atoms with E-state index in [0.29, 0.717) is 5.92 Å². The molecule has 0 unspecified atom stereocenters. The Hall–Kier alpha value is -0.380.